The van der Waals surface area contributed by atoms with E-state index in [1.165, 1.54) is 16.7 Å². The van der Waals surface area contributed by atoms with Gasteiger partial charge >= 0.3 is 12.2 Å². The number of likely N-dealkylation sites (tertiary alicyclic amines) is 2. The van der Waals surface area contributed by atoms with E-state index >= 15 is 0 Å². The number of nitrogens with zero attached hydrogens (tertiary/aromatic N) is 2. The van der Waals surface area contributed by atoms with Crippen molar-refractivity contribution in [1.29, 1.82) is 0 Å². The van der Waals surface area contributed by atoms with Crippen LogP contribution in [-0.2, 0) is 23.9 Å². The third-order valence-corrected chi connectivity index (χ3v) is 10.0. The molecule has 2 fully saturated rings. The van der Waals surface area contributed by atoms with Crippen LogP contribution in [0.3, 0.4) is 0 Å². The molecule has 2 saturated heterocycles. The molecule has 1 unspecified atom stereocenters. The van der Waals surface area contributed by atoms with Crippen molar-refractivity contribution >= 4 is 29.8 Å². The molecule has 322 valence electrons. The molecule has 0 aliphatic carbocycles. The molecule has 4 rings (SSSR count). The van der Waals surface area contributed by atoms with Crippen molar-refractivity contribution in [2.75, 3.05) is 26.2 Å². The van der Waals surface area contributed by atoms with Crippen molar-refractivity contribution in [3.8, 4) is 0 Å². The number of aliphatic hydroxyl groups is 3. The quantitative estimate of drug-likeness (QED) is 0.176. The first-order chi connectivity index (χ1) is 27.0. The number of carbonyl (C=O) groups is 5. The molecular formula is C44H66N4O10. The van der Waals surface area contributed by atoms with Gasteiger partial charge in [0.05, 0.1) is 18.2 Å². The van der Waals surface area contributed by atoms with Gasteiger partial charge in [-0.2, -0.15) is 0 Å². The predicted molar refractivity (Wildman–Crippen MR) is 219 cm³/mol. The molecule has 5 N–H and O–H groups in total. The van der Waals surface area contributed by atoms with Gasteiger partial charge in [0.1, 0.15) is 28.2 Å². The number of carbonyl (C=O) groups excluding carboxylic acids is 5. The molecule has 0 spiro atoms. The lowest BCUT2D eigenvalue weighted by Gasteiger charge is -2.38. The molecule has 4 amide bonds. The maximum atomic E-state index is 12.9. The second kappa shape index (κ2) is 20.9. The molecule has 2 aliphatic rings. The lowest BCUT2D eigenvalue weighted by atomic mass is 9.89. The largest absolute Gasteiger partial charge is 0.444 e. The van der Waals surface area contributed by atoms with Crippen molar-refractivity contribution in [2.24, 2.45) is 0 Å². The van der Waals surface area contributed by atoms with Gasteiger partial charge in [0.15, 0.2) is 0 Å². The molecule has 2 aromatic carbocycles. The summed E-state index contributed by atoms with van der Waals surface area (Å²) in [7, 11) is 0. The van der Waals surface area contributed by atoms with Gasteiger partial charge < -0.3 is 50.0 Å². The van der Waals surface area contributed by atoms with Crippen LogP contribution < -0.4 is 10.6 Å². The molecule has 2 aliphatic heterocycles. The van der Waals surface area contributed by atoms with Crippen LogP contribution in [0.15, 0.2) is 60.7 Å². The van der Waals surface area contributed by atoms with Crippen molar-refractivity contribution in [1.82, 2.24) is 20.4 Å². The maximum Gasteiger partial charge on any atom is 0.410 e. The summed E-state index contributed by atoms with van der Waals surface area (Å²) < 4.78 is 10.7. The van der Waals surface area contributed by atoms with Crippen LogP contribution in [0, 0.1) is 0 Å². The standard InChI is InChI=1S/C22H34N2O5.C22H32N2O5/c2*1-16(25)10-11-18(17-8-6-5-7-9-17)23-19(26)22(28)12-14-24(15-13-22)20(27)29-21(2,3)4/h5-9,16,18,25,28H,10-15H2,1-4H3,(H,23,26);5-9,18,28H,10-15H2,1-4H3,(H,23,26)/t16?,18-;18-/m00/s1. The van der Waals surface area contributed by atoms with Gasteiger partial charge in [-0.1, -0.05) is 60.7 Å². The van der Waals surface area contributed by atoms with Gasteiger partial charge in [-0.3, -0.25) is 9.59 Å². The van der Waals surface area contributed by atoms with E-state index in [-0.39, 0.29) is 69.7 Å². The molecule has 0 aromatic heterocycles. The van der Waals surface area contributed by atoms with Crippen LogP contribution in [0.5, 0.6) is 0 Å². The summed E-state index contributed by atoms with van der Waals surface area (Å²) in [6.07, 6.45) is 1.11. The highest BCUT2D eigenvalue weighted by atomic mass is 16.6. The Kier molecular flexibility index (Phi) is 17.3. The lowest BCUT2D eigenvalue weighted by molar-refractivity contribution is -0.145. The van der Waals surface area contributed by atoms with Gasteiger partial charge in [-0.25, -0.2) is 9.59 Å². The van der Waals surface area contributed by atoms with Crippen molar-refractivity contribution in [3.05, 3.63) is 71.8 Å². The van der Waals surface area contributed by atoms with E-state index in [0.717, 1.165) is 11.1 Å². The van der Waals surface area contributed by atoms with E-state index < -0.39 is 52.5 Å². The Morgan fingerprint density at radius 3 is 1.29 bits per heavy atom. The number of amides is 4. The topological polar surface area (TPSA) is 195 Å². The summed E-state index contributed by atoms with van der Waals surface area (Å²) in [6.45, 7) is 15.0. The smallest absolute Gasteiger partial charge is 0.410 e. The van der Waals surface area contributed by atoms with Crippen LogP contribution in [-0.4, -0.2) is 110 Å². The summed E-state index contributed by atoms with van der Waals surface area (Å²) in [5, 5.41) is 37.3. The first-order valence-electron chi connectivity index (χ1n) is 20.3. The minimum atomic E-state index is -1.55. The Morgan fingerprint density at radius 1 is 0.638 bits per heavy atom. The minimum absolute atomic E-state index is 0.0459. The van der Waals surface area contributed by atoms with Crippen molar-refractivity contribution in [2.45, 2.75) is 147 Å². The van der Waals surface area contributed by atoms with Crippen molar-refractivity contribution in [3.63, 3.8) is 0 Å². The molecule has 2 heterocycles. The zero-order valence-electron chi connectivity index (χ0n) is 35.6. The van der Waals surface area contributed by atoms with Crippen LogP contribution >= 0.6 is 0 Å². The molecule has 58 heavy (non-hydrogen) atoms. The highest BCUT2D eigenvalue weighted by Crippen LogP contribution is 2.29. The average molecular weight is 811 g/mol. The fourth-order valence-electron chi connectivity index (χ4n) is 6.58. The van der Waals surface area contributed by atoms with E-state index in [4.69, 9.17) is 9.47 Å². The number of rotatable bonds is 12. The number of hydrogen-bond acceptors (Lipinski definition) is 10. The minimum Gasteiger partial charge on any atom is -0.444 e. The molecule has 14 heteroatoms. The summed E-state index contributed by atoms with van der Waals surface area (Å²) in [6, 6.07) is 18.3. The Balaban J connectivity index is 0.000000310. The maximum absolute atomic E-state index is 12.9. The second-order valence-electron chi connectivity index (χ2n) is 17.5. The van der Waals surface area contributed by atoms with Gasteiger partial charge in [-0.05, 0) is 85.8 Å². The summed E-state index contributed by atoms with van der Waals surface area (Å²) in [5.74, 6) is -0.871. The third kappa shape index (κ3) is 15.7. The number of piperidine rings is 2. The number of Topliss-reactive ketones (excluding diaryl/α,β-unsaturated/α-hetero) is 1. The van der Waals surface area contributed by atoms with E-state index in [9.17, 15) is 39.3 Å². The van der Waals surface area contributed by atoms with Gasteiger partial charge in [0, 0.05) is 58.3 Å². The summed E-state index contributed by atoms with van der Waals surface area (Å²) in [4.78, 5) is 64.6. The second-order valence-corrected chi connectivity index (χ2v) is 17.5. The van der Waals surface area contributed by atoms with Crippen LogP contribution in [0.1, 0.15) is 130 Å². The monoisotopic (exact) mass is 810 g/mol. The van der Waals surface area contributed by atoms with E-state index in [0.29, 0.717) is 25.7 Å². The molecule has 2 aromatic rings. The zero-order chi connectivity index (χ0) is 43.3. The molecule has 3 atom stereocenters. The Labute approximate surface area is 343 Å². The van der Waals surface area contributed by atoms with Crippen LogP contribution in [0.25, 0.3) is 0 Å². The van der Waals surface area contributed by atoms with Gasteiger partial charge in [0.2, 0.25) is 0 Å². The first kappa shape index (κ1) is 47.8. The molecular weight excluding hydrogens is 745 g/mol. The third-order valence-electron chi connectivity index (χ3n) is 10.0. The Bertz CT molecular complexity index is 1640. The van der Waals surface area contributed by atoms with Gasteiger partial charge in [0.25, 0.3) is 11.8 Å². The average Bonchev–Trinajstić information content (AvgIpc) is 3.14. The zero-order valence-corrected chi connectivity index (χ0v) is 35.6. The number of ether oxygens (including phenoxy) is 2. The number of aliphatic hydroxyl groups excluding tert-OH is 1. The van der Waals surface area contributed by atoms with Gasteiger partial charge in [-0.15, -0.1) is 0 Å². The number of benzene rings is 2. The SMILES string of the molecule is CC(=O)CC[C@H](NC(=O)C1(O)CCN(C(=O)OC(C)(C)C)CC1)c1ccccc1.CC(O)CC[C@H](NC(=O)C1(O)CCN(C(=O)OC(C)(C)C)CC1)c1ccccc1. The predicted octanol–water partition coefficient (Wildman–Crippen LogP) is 5.74. The fraction of sp³-hybridized carbons (Fsp3) is 0.614. The Morgan fingerprint density at radius 2 is 0.983 bits per heavy atom. The number of nitrogens with one attached hydrogen (secondary N) is 2. The van der Waals surface area contributed by atoms with Crippen molar-refractivity contribution < 1.29 is 48.8 Å². The normalized spacial score (nSPS) is 18.0. The van der Waals surface area contributed by atoms with Crippen LogP contribution in [0.2, 0.25) is 0 Å². The van der Waals surface area contributed by atoms with Crippen LogP contribution in [0.4, 0.5) is 9.59 Å². The first-order valence-corrected chi connectivity index (χ1v) is 20.3. The summed E-state index contributed by atoms with van der Waals surface area (Å²) >= 11 is 0. The highest BCUT2D eigenvalue weighted by molar-refractivity contribution is 5.86. The van der Waals surface area contributed by atoms with E-state index in [1.54, 1.807) is 48.5 Å². The highest BCUT2D eigenvalue weighted by Gasteiger charge is 2.43. The van der Waals surface area contributed by atoms with E-state index in [2.05, 4.69) is 10.6 Å². The number of ketones is 1. The molecule has 0 bridgehead atoms. The fourth-order valence-corrected chi connectivity index (χ4v) is 6.58. The van der Waals surface area contributed by atoms with E-state index in [1.807, 2.05) is 60.7 Å². The molecule has 0 radical (unpaired) electrons. The lowest BCUT2D eigenvalue weighted by Crippen LogP contribution is -2.55. The number of hydrogen-bond donors (Lipinski definition) is 5. The Hall–Kier alpha value is -4.53. The summed E-state index contributed by atoms with van der Waals surface area (Å²) in [5.41, 5.74) is -2.46. The molecule has 14 nitrogen and oxygen atoms in total. The molecule has 0 saturated carbocycles.